The molecule has 1 rings (SSSR count). The molecular formula is C14H28N2O2. The topological polar surface area (TPSA) is 64.3 Å². The highest BCUT2D eigenvalue weighted by Gasteiger charge is 2.36. The summed E-state index contributed by atoms with van der Waals surface area (Å²) in [6.45, 7) is 10.6. The normalized spacial score (nSPS) is 24.7. The predicted molar refractivity (Wildman–Crippen MR) is 73.3 cm³/mol. The van der Waals surface area contributed by atoms with Crippen molar-refractivity contribution < 1.29 is 9.53 Å². The van der Waals surface area contributed by atoms with E-state index in [0.717, 1.165) is 12.8 Å². The summed E-state index contributed by atoms with van der Waals surface area (Å²) >= 11 is 0. The molecule has 0 heterocycles. The zero-order valence-corrected chi connectivity index (χ0v) is 12.4. The molecule has 18 heavy (non-hydrogen) atoms. The van der Waals surface area contributed by atoms with Crippen molar-refractivity contribution in [1.29, 1.82) is 0 Å². The Morgan fingerprint density at radius 1 is 1.50 bits per heavy atom. The van der Waals surface area contributed by atoms with Crippen LogP contribution in [0.1, 0.15) is 53.9 Å². The molecule has 1 amide bonds. The number of ether oxygens (including phenoxy) is 1. The predicted octanol–water partition coefficient (Wildman–Crippen LogP) is 2.66. The van der Waals surface area contributed by atoms with Crippen LogP contribution in [0.2, 0.25) is 0 Å². The van der Waals surface area contributed by atoms with Crippen molar-refractivity contribution in [3.63, 3.8) is 0 Å². The van der Waals surface area contributed by atoms with E-state index in [4.69, 9.17) is 10.5 Å². The molecule has 4 nitrogen and oxygen atoms in total. The summed E-state index contributed by atoms with van der Waals surface area (Å²) in [5, 5.41) is 2.92. The van der Waals surface area contributed by atoms with Gasteiger partial charge in [0, 0.05) is 12.6 Å². The Labute approximate surface area is 111 Å². The molecule has 0 saturated heterocycles. The number of nitrogens with two attached hydrogens (primary N) is 1. The first-order chi connectivity index (χ1) is 8.13. The molecule has 1 aliphatic rings. The summed E-state index contributed by atoms with van der Waals surface area (Å²) in [6.07, 6.45) is 3.09. The van der Waals surface area contributed by atoms with Gasteiger partial charge in [0.15, 0.2) is 0 Å². The third kappa shape index (κ3) is 4.84. The molecule has 1 fully saturated rings. The van der Waals surface area contributed by atoms with E-state index in [9.17, 15) is 4.79 Å². The van der Waals surface area contributed by atoms with Crippen molar-refractivity contribution in [2.24, 2.45) is 17.1 Å². The molecule has 0 bridgehead atoms. The number of hydrogen-bond donors (Lipinski definition) is 2. The molecule has 2 unspecified atom stereocenters. The van der Waals surface area contributed by atoms with Crippen LogP contribution in [0.4, 0.5) is 4.79 Å². The van der Waals surface area contributed by atoms with Gasteiger partial charge in [-0.15, -0.1) is 0 Å². The van der Waals surface area contributed by atoms with Gasteiger partial charge in [0.2, 0.25) is 0 Å². The molecular weight excluding hydrogens is 228 g/mol. The second-order valence-electron chi connectivity index (χ2n) is 7.16. The van der Waals surface area contributed by atoms with Crippen molar-refractivity contribution in [2.75, 3.05) is 6.54 Å². The number of alkyl carbamates (subject to hydrolysis) is 1. The number of nitrogens with one attached hydrogen (secondary N) is 1. The van der Waals surface area contributed by atoms with Gasteiger partial charge in [0.05, 0.1) is 0 Å². The monoisotopic (exact) mass is 256 g/mol. The first-order valence-corrected chi connectivity index (χ1v) is 6.82. The molecule has 2 atom stereocenters. The standard InChI is InChI=1S/C14H28N2O2/c1-13(2,3)18-12(17)16-11(9-15)10-6-7-14(4,5)8-10/h10-11H,6-9,15H2,1-5H3,(H,16,17). The number of amides is 1. The summed E-state index contributed by atoms with van der Waals surface area (Å²) in [7, 11) is 0. The second kappa shape index (κ2) is 5.47. The molecule has 0 aliphatic heterocycles. The van der Waals surface area contributed by atoms with Crippen LogP contribution in [0.3, 0.4) is 0 Å². The Hall–Kier alpha value is -0.770. The second-order valence-corrected chi connectivity index (χ2v) is 7.16. The van der Waals surface area contributed by atoms with Gasteiger partial charge >= 0.3 is 6.09 Å². The van der Waals surface area contributed by atoms with Crippen LogP contribution in [-0.4, -0.2) is 24.3 Å². The highest BCUT2D eigenvalue weighted by Crippen LogP contribution is 2.42. The maximum Gasteiger partial charge on any atom is 0.407 e. The van der Waals surface area contributed by atoms with Crippen LogP contribution in [0.15, 0.2) is 0 Å². The van der Waals surface area contributed by atoms with Gasteiger partial charge in [0.1, 0.15) is 5.60 Å². The number of carbonyl (C=O) groups excluding carboxylic acids is 1. The Morgan fingerprint density at radius 3 is 2.50 bits per heavy atom. The van der Waals surface area contributed by atoms with Gasteiger partial charge in [0.25, 0.3) is 0 Å². The lowest BCUT2D eigenvalue weighted by Gasteiger charge is -2.27. The summed E-state index contributed by atoms with van der Waals surface area (Å²) < 4.78 is 5.28. The number of carbonyl (C=O) groups is 1. The minimum absolute atomic E-state index is 0.0293. The molecule has 0 spiro atoms. The van der Waals surface area contributed by atoms with E-state index in [2.05, 4.69) is 19.2 Å². The Kier molecular flexibility index (Phi) is 4.65. The Morgan fingerprint density at radius 2 is 2.11 bits per heavy atom. The van der Waals surface area contributed by atoms with E-state index in [1.165, 1.54) is 6.42 Å². The highest BCUT2D eigenvalue weighted by molar-refractivity contribution is 5.68. The fraction of sp³-hybridized carbons (Fsp3) is 0.929. The van der Waals surface area contributed by atoms with Crippen molar-refractivity contribution >= 4 is 6.09 Å². The zero-order chi connectivity index (χ0) is 14.0. The molecule has 0 aromatic carbocycles. The van der Waals surface area contributed by atoms with E-state index in [0.29, 0.717) is 17.9 Å². The van der Waals surface area contributed by atoms with Crippen LogP contribution in [0.5, 0.6) is 0 Å². The fourth-order valence-corrected chi connectivity index (χ4v) is 2.66. The first kappa shape index (κ1) is 15.3. The van der Waals surface area contributed by atoms with Gasteiger partial charge in [-0.3, -0.25) is 0 Å². The van der Waals surface area contributed by atoms with E-state index in [-0.39, 0.29) is 12.1 Å². The van der Waals surface area contributed by atoms with Crippen molar-refractivity contribution in [3.8, 4) is 0 Å². The number of rotatable bonds is 3. The van der Waals surface area contributed by atoms with E-state index >= 15 is 0 Å². The lowest BCUT2D eigenvalue weighted by atomic mass is 9.88. The lowest BCUT2D eigenvalue weighted by molar-refractivity contribution is 0.0487. The smallest absolute Gasteiger partial charge is 0.407 e. The molecule has 3 N–H and O–H groups in total. The number of hydrogen-bond acceptors (Lipinski definition) is 3. The summed E-state index contributed by atoms with van der Waals surface area (Å²) in [4.78, 5) is 11.8. The van der Waals surface area contributed by atoms with Gasteiger partial charge in [-0.1, -0.05) is 13.8 Å². The largest absolute Gasteiger partial charge is 0.444 e. The first-order valence-electron chi connectivity index (χ1n) is 6.82. The molecule has 1 saturated carbocycles. The zero-order valence-electron chi connectivity index (χ0n) is 12.4. The maximum atomic E-state index is 11.8. The van der Waals surface area contributed by atoms with Gasteiger partial charge < -0.3 is 15.8 Å². The Balaban J connectivity index is 2.50. The average Bonchev–Trinajstić information content (AvgIpc) is 2.52. The van der Waals surface area contributed by atoms with Crippen LogP contribution in [0, 0.1) is 11.3 Å². The highest BCUT2D eigenvalue weighted by atomic mass is 16.6. The van der Waals surface area contributed by atoms with Crippen molar-refractivity contribution in [1.82, 2.24) is 5.32 Å². The summed E-state index contributed by atoms with van der Waals surface area (Å²) in [5.74, 6) is 0.470. The van der Waals surface area contributed by atoms with Crippen LogP contribution < -0.4 is 11.1 Å². The molecule has 0 radical (unpaired) electrons. The SMILES string of the molecule is CC1(C)CCC(C(CN)NC(=O)OC(C)(C)C)C1. The minimum Gasteiger partial charge on any atom is -0.444 e. The van der Waals surface area contributed by atoms with E-state index in [1.54, 1.807) is 0 Å². The molecule has 4 heteroatoms. The van der Waals surface area contributed by atoms with Crippen LogP contribution in [0.25, 0.3) is 0 Å². The van der Waals surface area contributed by atoms with E-state index < -0.39 is 5.60 Å². The Bertz CT molecular complexity index is 295. The molecule has 0 aromatic rings. The van der Waals surface area contributed by atoms with Crippen LogP contribution in [-0.2, 0) is 4.74 Å². The lowest BCUT2D eigenvalue weighted by Crippen LogP contribution is -2.46. The third-order valence-electron chi connectivity index (χ3n) is 3.53. The molecule has 1 aliphatic carbocycles. The molecule has 106 valence electrons. The van der Waals surface area contributed by atoms with Crippen molar-refractivity contribution in [3.05, 3.63) is 0 Å². The summed E-state index contributed by atoms with van der Waals surface area (Å²) in [6, 6.07) is 0.0293. The molecule has 0 aromatic heterocycles. The third-order valence-corrected chi connectivity index (χ3v) is 3.53. The van der Waals surface area contributed by atoms with Crippen molar-refractivity contribution in [2.45, 2.75) is 65.5 Å². The van der Waals surface area contributed by atoms with Gasteiger partial charge in [-0.2, -0.15) is 0 Å². The van der Waals surface area contributed by atoms with E-state index in [1.807, 2.05) is 20.8 Å². The maximum absolute atomic E-state index is 11.8. The van der Waals surface area contributed by atoms with Gasteiger partial charge in [-0.25, -0.2) is 4.79 Å². The minimum atomic E-state index is -0.460. The summed E-state index contributed by atoms with van der Waals surface area (Å²) in [5.41, 5.74) is 5.69. The average molecular weight is 256 g/mol. The van der Waals surface area contributed by atoms with Crippen LogP contribution >= 0.6 is 0 Å². The fourth-order valence-electron chi connectivity index (χ4n) is 2.66. The quantitative estimate of drug-likeness (QED) is 0.816. The van der Waals surface area contributed by atoms with Gasteiger partial charge in [-0.05, 0) is 51.4 Å².